The van der Waals surface area contributed by atoms with E-state index >= 15 is 0 Å². The summed E-state index contributed by atoms with van der Waals surface area (Å²) in [5, 5.41) is 10.5. The maximum atomic E-state index is 13.7. The van der Waals surface area contributed by atoms with E-state index in [1.54, 1.807) is 42.5 Å². The molecule has 0 radical (unpaired) electrons. The topological polar surface area (TPSA) is 112 Å². The molecule has 6 rings (SSSR count). The van der Waals surface area contributed by atoms with Gasteiger partial charge < -0.3 is 24.1 Å². The van der Waals surface area contributed by atoms with E-state index in [-0.39, 0.29) is 40.7 Å². The van der Waals surface area contributed by atoms with Crippen LogP contribution in [0.25, 0.3) is 4.91 Å². The van der Waals surface area contributed by atoms with E-state index < -0.39 is 16.0 Å². The molecule has 3 aliphatic heterocycles. The van der Waals surface area contributed by atoms with Crippen LogP contribution >= 0.6 is 23.4 Å². The predicted octanol–water partition coefficient (Wildman–Crippen LogP) is 4.55. The number of thioether (sulfide) groups is 1. The van der Waals surface area contributed by atoms with Crippen LogP contribution in [0.1, 0.15) is 11.1 Å². The molecule has 184 valence electrons. The quantitative estimate of drug-likeness (QED) is 0.493. The lowest BCUT2D eigenvalue weighted by molar-refractivity contribution is -0.133. The van der Waals surface area contributed by atoms with E-state index in [9.17, 15) is 18.3 Å². The highest BCUT2D eigenvalue weighted by atomic mass is 35.5. The monoisotopic (exact) mass is 545 g/mol. The van der Waals surface area contributed by atoms with Crippen molar-refractivity contribution in [2.75, 3.05) is 13.6 Å². The van der Waals surface area contributed by atoms with Crippen molar-refractivity contribution in [2.45, 2.75) is 16.3 Å². The van der Waals surface area contributed by atoms with Gasteiger partial charge in [0.2, 0.25) is 13.6 Å². The molecule has 0 amide bonds. The molecule has 0 bridgehead atoms. The van der Waals surface area contributed by atoms with Gasteiger partial charge in [-0.1, -0.05) is 41.6 Å². The number of sulfonamides is 1. The van der Waals surface area contributed by atoms with Crippen LogP contribution in [0.5, 0.6) is 23.0 Å². The predicted molar refractivity (Wildman–Crippen MR) is 130 cm³/mol. The van der Waals surface area contributed by atoms with E-state index in [0.717, 1.165) is 16.1 Å². The minimum Gasteiger partial charge on any atom is -0.477 e. The number of benzene rings is 3. The van der Waals surface area contributed by atoms with Gasteiger partial charge in [0, 0.05) is 21.5 Å². The van der Waals surface area contributed by atoms with Crippen LogP contribution in [0.4, 0.5) is 0 Å². The normalized spacial score (nSPS) is 16.8. The molecule has 3 heterocycles. The molecule has 0 fully saturated rings. The van der Waals surface area contributed by atoms with E-state index in [1.807, 2.05) is 0 Å². The minimum atomic E-state index is -4.23. The van der Waals surface area contributed by atoms with Gasteiger partial charge >= 0.3 is 5.97 Å². The zero-order chi connectivity index (χ0) is 25.0. The number of hydrogen-bond donors (Lipinski definition) is 1. The van der Waals surface area contributed by atoms with Crippen LogP contribution in [0, 0.1) is 0 Å². The van der Waals surface area contributed by atoms with Crippen molar-refractivity contribution >= 4 is 44.3 Å². The fourth-order valence-corrected chi connectivity index (χ4v) is 7.23. The van der Waals surface area contributed by atoms with Gasteiger partial charge in [-0.25, -0.2) is 13.2 Å². The number of halogens is 1. The molecular weight excluding hydrogens is 530 g/mol. The summed E-state index contributed by atoms with van der Waals surface area (Å²) in [6, 6.07) is 14.6. The Morgan fingerprint density at radius 1 is 0.944 bits per heavy atom. The second-order valence-corrected chi connectivity index (χ2v) is 11.2. The summed E-state index contributed by atoms with van der Waals surface area (Å²) in [6.07, 6.45) is 0. The van der Waals surface area contributed by atoms with Gasteiger partial charge in [-0.3, -0.25) is 4.31 Å². The summed E-state index contributed by atoms with van der Waals surface area (Å²) in [5.74, 6) is 0.549. The first kappa shape index (κ1) is 22.9. The number of fused-ring (bicyclic) bond motifs is 3. The first-order valence-corrected chi connectivity index (χ1v) is 13.2. The standard InChI is InChI=1S/C24H16ClNO8S2/c25-16-9-20-18(32-12-34-20)7-13(16)10-26-22(24(27)28)23(15-3-1-2-4-21(15)36(26,29)30)35-14-5-6-17-19(8-14)33-11-31-17/h1-9H,10-12H2,(H,27,28). The molecule has 0 saturated heterocycles. The van der Waals surface area contributed by atoms with Gasteiger partial charge in [-0.2, -0.15) is 0 Å². The Kier molecular flexibility index (Phi) is 5.43. The lowest BCUT2D eigenvalue weighted by Gasteiger charge is -2.32. The second kappa shape index (κ2) is 8.54. The average molecular weight is 546 g/mol. The van der Waals surface area contributed by atoms with Crippen molar-refractivity contribution < 1.29 is 37.3 Å². The Balaban J connectivity index is 1.50. The zero-order valence-corrected chi connectivity index (χ0v) is 20.7. The molecule has 0 aromatic heterocycles. The molecule has 3 aromatic carbocycles. The molecule has 3 aliphatic rings. The third kappa shape index (κ3) is 3.71. The zero-order valence-electron chi connectivity index (χ0n) is 18.3. The third-order valence-electron chi connectivity index (χ3n) is 5.79. The summed E-state index contributed by atoms with van der Waals surface area (Å²) >= 11 is 7.55. The van der Waals surface area contributed by atoms with Gasteiger partial charge in [0.15, 0.2) is 28.7 Å². The van der Waals surface area contributed by atoms with Gasteiger partial charge in [0.1, 0.15) is 0 Å². The molecule has 3 aromatic rings. The molecule has 1 N–H and O–H groups in total. The van der Waals surface area contributed by atoms with Crippen LogP contribution in [0.2, 0.25) is 5.02 Å². The van der Waals surface area contributed by atoms with Gasteiger partial charge in [-0.05, 0) is 35.9 Å². The van der Waals surface area contributed by atoms with Crippen LogP contribution in [0.3, 0.4) is 0 Å². The number of rotatable bonds is 5. The van der Waals surface area contributed by atoms with Crippen molar-refractivity contribution in [3.05, 3.63) is 76.4 Å². The Morgan fingerprint density at radius 3 is 2.36 bits per heavy atom. The number of aliphatic carboxylic acids is 1. The molecule has 0 spiro atoms. The second-order valence-electron chi connectivity index (χ2n) is 7.90. The minimum absolute atomic E-state index is 0.00453. The molecule has 0 atom stereocenters. The number of carboxylic acids is 1. The van der Waals surface area contributed by atoms with Crippen molar-refractivity contribution in [3.8, 4) is 23.0 Å². The summed E-state index contributed by atoms with van der Waals surface area (Å²) in [7, 11) is -4.23. The maximum Gasteiger partial charge on any atom is 0.354 e. The van der Waals surface area contributed by atoms with Crippen LogP contribution in [0.15, 0.2) is 70.1 Å². The smallest absolute Gasteiger partial charge is 0.354 e. The fourth-order valence-electron chi connectivity index (χ4n) is 4.12. The highest BCUT2D eigenvalue weighted by Gasteiger charge is 2.40. The van der Waals surface area contributed by atoms with Crippen molar-refractivity contribution in [1.29, 1.82) is 0 Å². The summed E-state index contributed by atoms with van der Waals surface area (Å²) < 4.78 is 49.8. The maximum absolute atomic E-state index is 13.7. The Hall–Kier alpha value is -3.54. The van der Waals surface area contributed by atoms with E-state index in [4.69, 9.17) is 30.5 Å². The Morgan fingerprint density at radius 2 is 1.61 bits per heavy atom. The number of hydrogen-bond acceptors (Lipinski definition) is 8. The van der Waals surface area contributed by atoms with Gasteiger partial charge in [0.05, 0.1) is 16.3 Å². The van der Waals surface area contributed by atoms with Crippen molar-refractivity contribution in [2.24, 2.45) is 0 Å². The summed E-state index contributed by atoms with van der Waals surface area (Å²) in [4.78, 5) is 13.5. The Bertz CT molecular complexity index is 1570. The van der Waals surface area contributed by atoms with Crippen LogP contribution in [-0.2, 0) is 21.4 Å². The third-order valence-corrected chi connectivity index (χ3v) is 9.05. The van der Waals surface area contributed by atoms with E-state index in [0.29, 0.717) is 39.0 Å². The molecule has 12 heteroatoms. The van der Waals surface area contributed by atoms with Crippen molar-refractivity contribution in [3.63, 3.8) is 0 Å². The molecule has 0 aliphatic carbocycles. The van der Waals surface area contributed by atoms with Gasteiger partial charge in [-0.15, -0.1) is 0 Å². The highest BCUT2D eigenvalue weighted by Crippen LogP contribution is 2.48. The average Bonchev–Trinajstić information content (AvgIpc) is 3.50. The SMILES string of the molecule is O=C(O)C1=C(Sc2ccc3c(c2)OCO3)c2ccccc2S(=O)(=O)N1Cc1cc2c(cc1Cl)OCO2. The summed E-state index contributed by atoms with van der Waals surface area (Å²) in [6.45, 7) is -0.211. The first-order valence-electron chi connectivity index (χ1n) is 10.6. The number of nitrogens with zero attached hydrogens (tertiary/aromatic N) is 1. The number of carboxylic acid groups (broad SMARTS) is 1. The lowest BCUT2D eigenvalue weighted by Crippen LogP contribution is -2.37. The highest BCUT2D eigenvalue weighted by molar-refractivity contribution is 8.08. The van der Waals surface area contributed by atoms with E-state index in [1.165, 1.54) is 12.1 Å². The molecular formula is C24H16ClNO8S2. The largest absolute Gasteiger partial charge is 0.477 e. The molecule has 0 saturated carbocycles. The molecule has 9 nitrogen and oxygen atoms in total. The van der Waals surface area contributed by atoms with Gasteiger partial charge in [0.25, 0.3) is 10.0 Å². The fraction of sp³-hybridized carbons (Fsp3) is 0.125. The first-order chi connectivity index (χ1) is 17.3. The lowest BCUT2D eigenvalue weighted by atomic mass is 10.1. The molecule has 0 unspecified atom stereocenters. The number of carbonyl (C=O) groups is 1. The Labute approximate surface area is 214 Å². The van der Waals surface area contributed by atoms with Crippen LogP contribution in [-0.4, -0.2) is 37.4 Å². The van der Waals surface area contributed by atoms with Crippen molar-refractivity contribution in [1.82, 2.24) is 4.31 Å². The van der Waals surface area contributed by atoms with E-state index in [2.05, 4.69) is 0 Å². The number of ether oxygens (including phenoxy) is 4. The molecule has 36 heavy (non-hydrogen) atoms. The van der Waals surface area contributed by atoms with Crippen LogP contribution < -0.4 is 18.9 Å². The summed E-state index contributed by atoms with van der Waals surface area (Å²) in [5.41, 5.74) is 0.283.